The molecule has 0 unspecified atom stereocenters. The summed E-state index contributed by atoms with van der Waals surface area (Å²) in [5, 5.41) is 6.01. The van der Waals surface area contributed by atoms with Gasteiger partial charge in [0.2, 0.25) is 11.8 Å². The zero-order valence-electron chi connectivity index (χ0n) is 21.6. The first-order valence-corrected chi connectivity index (χ1v) is 12.1. The first-order chi connectivity index (χ1) is 15.8. The Morgan fingerprint density at radius 3 is 1.26 bits per heavy atom. The van der Waals surface area contributed by atoms with Gasteiger partial charge >= 0.3 is 11.9 Å². The fourth-order valence-electron chi connectivity index (χ4n) is 3.81. The van der Waals surface area contributed by atoms with Crippen LogP contribution in [0.3, 0.4) is 0 Å². The molecule has 194 valence electrons. The van der Waals surface area contributed by atoms with Gasteiger partial charge in [0.25, 0.3) is 0 Å². The van der Waals surface area contributed by atoms with Crippen LogP contribution < -0.4 is 10.6 Å². The maximum atomic E-state index is 12.6. The van der Waals surface area contributed by atoms with E-state index in [4.69, 9.17) is 9.47 Å². The lowest BCUT2D eigenvalue weighted by Gasteiger charge is -2.32. The SMILES string of the molecule is CN1CCC(NC(=O)C(C)(C)COC(=O)C(=O)OCC(C)(C)C(=O)NC2CCN(C)CC2)CC1. The van der Waals surface area contributed by atoms with Gasteiger partial charge in [-0.1, -0.05) is 0 Å². The van der Waals surface area contributed by atoms with Gasteiger partial charge in [-0.2, -0.15) is 0 Å². The monoisotopic (exact) mass is 482 g/mol. The predicted molar refractivity (Wildman–Crippen MR) is 127 cm³/mol. The molecule has 2 aliphatic rings. The minimum atomic E-state index is -1.17. The Bertz CT molecular complexity index is 676. The number of amides is 2. The van der Waals surface area contributed by atoms with Crippen molar-refractivity contribution in [2.45, 2.75) is 65.5 Å². The Morgan fingerprint density at radius 1 is 0.676 bits per heavy atom. The highest BCUT2D eigenvalue weighted by atomic mass is 16.6. The van der Waals surface area contributed by atoms with Crippen LogP contribution in [0, 0.1) is 10.8 Å². The van der Waals surface area contributed by atoms with Gasteiger partial charge in [0.15, 0.2) is 0 Å². The molecule has 0 bridgehead atoms. The van der Waals surface area contributed by atoms with E-state index in [0.717, 1.165) is 51.9 Å². The highest BCUT2D eigenvalue weighted by Gasteiger charge is 2.35. The van der Waals surface area contributed by atoms with E-state index >= 15 is 0 Å². The summed E-state index contributed by atoms with van der Waals surface area (Å²) >= 11 is 0. The molecule has 0 aromatic heterocycles. The van der Waals surface area contributed by atoms with E-state index in [0.29, 0.717) is 0 Å². The fraction of sp³-hybridized carbons (Fsp3) is 0.833. The van der Waals surface area contributed by atoms with Gasteiger partial charge in [-0.05, 0) is 93.7 Å². The summed E-state index contributed by atoms with van der Waals surface area (Å²) in [7, 11) is 4.09. The summed E-state index contributed by atoms with van der Waals surface area (Å²) in [6, 6.07) is 0.179. The molecule has 0 aromatic carbocycles. The van der Waals surface area contributed by atoms with E-state index < -0.39 is 22.8 Å². The van der Waals surface area contributed by atoms with Crippen LogP contribution in [0.4, 0.5) is 0 Å². The van der Waals surface area contributed by atoms with Crippen LogP contribution in [0.2, 0.25) is 0 Å². The van der Waals surface area contributed by atoms with E-state index in [-0.39, 0.29) is 37.1 Å². The number of nitrogens with one attached hydrogen (secondary N) is 2. The van der Waals surface area contributed by atoms with Crippen molar-refractivity contribution >= 4 is 23.8 Å². The number of carbonyl (C=O) groups excluding carboxylic acids is 4. The lowest BCUT2D eigenvalue weighted by atomic mass is 9.92. The molecule has 34 heavy (non-hydrogen) atoms. The summed E-state index contributed by atoms with van der Waals surface area (Å²) < 4.78 is 10.1. The van der Waals surface area contributed by atoms with Crippen molar-refractivity contribution in [2.75, 3.05) is 53.5 Å². The number of ether oxygens (including phenoxy) is 2. The predicted octanol–water partition coefficient (Wildman–Crippen LogP) is 0.546. The highest BCUT2D eigenvalue weighted by Crippen LogP contribution is 2.20. The van der Waals surface area contributed by atoms with Crippen LogP contribution in [0.25, 0.3) is 0 Å². The van der Waals surface area contributed by atoms with E-state index in [1.165, 1.54) is 0 Å². The van der Waals surface area contributed by atoms with Crippen molar-refractivity contribution in [1.82, 2.24) is 20.4 Å². The van der Waals surface area contributed by atoms with Crippen LogP contribution in [0.5, 0.6) is 0 Å². The Morgan fingerprint density at radius 2 is 0.971 bits per heavy atom. The first-order valence-electron chi connectivity index (χ1n) is 12.1. The number of piperidine rings is 2. The quantitative estimate of drug-likeness (QED) is 0.380. The van der Waals surface area contributed by atoms with Gasteiger partial charge < -0.3 is 29.9 Å². The molecule has 2 amide bonds. The van der Waals surface area contributed by atoms with Crippen LogP contribution in [0.15, 0.2) is 0 Å². The van der Waals surface area contributed by atoms with Crippen molar-refractivity contribution in [3.05, 3.63) is 0 Å². The van der Waals surface area contributed by atoms with Crippen LogP contribution >= 0.6 is 0 Å². The van der Waals surface area contributed by atoms with Crippen LogP contribution in [-0.4, -0.2) is 99.1 Å². The molecule has 2 heterocycles. The van der Waals surface area contributed by atoms with Crippen molar-refractivity contribution in [1.29, 1.82) is 0 Å². The van der Waals surface area contributed by atoms with Gasteiger partial charge in [-0.25, -0.2) is 9.59 Å². The molecule has 2 aliphatic heterocycles. The highest BCUT2D eigenvalue weighted by molar-refractivity contribution is 6.29. The lowest BCUT2D eigenvalue weighted by molar-refractivity contribution is -0.172. The van der Waals surface area contributed by atoms with Crippen molar-refractivity contribution in [2.24, 2.45) is 10.8 Å². The Balaban J connectivity index is 1.74. The molecule has 2 fully saturated rings. The number of nitrogens with zero attached hydrogens (tertiary/aromatic N) is 2. The Hall–Kier alpha value is -2.20. The largest absolute Gasteiger partial charge is 0.456 e. The zero-order chi connectivity index (χ0) is 25.5. The smallest absolute Gasteiger partial charge is 0.417 e. The van der Waals surface area contributed by atoms with Gasteiger partial charge in [0.05, 0.1) is 10.8 Å². The molecule has 0 aromatic rings. The molecule has 2 saturated heterocycles. The molecule has 0 radical (unpaired) electrons. The number of esters is 2. The fourth-order valence-corrected chi connectivity index (χ4v) is 3.81. The summed E-state index contributed by atoms with van der Waals surface area (Å²) in [5.74, 6) is -2.80. The third kappa shape index (κ3) is 8.54. The minimum Gasteiger partial charge on any atom is -0.456 e. The van der Waals surface area contributed by atoms with E-state index in [9.17, 15) is 19.2 Å². The van der Waals surface area contributed by atoms with Crippen molar-refractivity contribution < 1.29 is 28.7 Å². The van der Waals surface area contributed by atoms with Crippen molar-refractivity contribution in [3.8, 4) is 0 Å². The zero-order valence-corrected chi connectivity index (χ0v) is 21.6. The van der Waals surface area contributed by atoms with Gasteiger partial charge in [-0.15, -0.1) is 0 Å². The summed E-state index contributed by atoms with van der Waals surface area (Å²) in [4.78, 5) is 53.9. The maximum absolute atomic E-state index is 12.6. The molecule has 0 saturated carbocycles. The Kier molecular flexibility index (Phi) is 9.87. The summed E-state index contributed by atoms with van der Waals surface area (Å²) in [6.07, 6.45) is 3.47. The molecular formula is C24H42N4O6. The molecule has 2 N–H and O–H groups in total. The number of carbonyl (C=O) groups is 4. The maximum Gasteiger partial charge on any atom is 0.417 e. The van der Waals surface area contributed by atoms with Gasteiger partial charge in [0, 0.05) is 12.1 Å². The van der Waals surface area contributed by atoms with E-state index in [1.807, 2.05) is 14.1 Å². The van der Waals surface area contributed by atoms with E-state index in [2.05, 4.69) is 20.4 Å². The van der Waals surface area contributed by atoms with Crippen LogP contribution in [0.1, 0.15) is 53.4 Å². The second-order valence-electron chi connectivity index (χ2n) is 11.0. The third-order valence-corrected chi connectivity index (χ3v) is 6.63. The number of rotatable bonds is 8. The first kappa shape index (κ1) is 28.0. The second kappa shape index (κ2) is 12.0. The number of likely N-dealkylation sites (tertiary alicyclic amines) is 2. The van der Waals surface area contributed by atoms with Crippen LogP contribution in [-0.2, 0) is 28.7 Å². The van der Waals surface area contributed by atoms with Gasteiger partial charge in [0.1, 0.15) is 13.2 Å². The topological polar surface area (TPSA) is 117 Å². The van der Waals surface area contributed by atoms with E-state index in [1.54, 1.807) is 27.7 Å². The number of hydrogen-bond acceptors (Lipinski definition) is 8. The average molecular weight is 483 g/mol. The molecule has 0 aliphatic carbocycles. The Labute approximate surface area is 203 Å². The summed E-state index contributed by atoms with van der Waals surface area (Å²) in [6.45, 7) is 9.80. The standard InChI is InChI=1S/C24H42N4O6/c1-23(2,21(31)25-17-7-11-27(5)12-8-17)15-33-19(29)20(30)34-16-24(3,4)22(32)26-18-9-13-28(6)14-10-18/h17-18H,7-16H2,1-6H3,(H,25,31)(H,26,32). The summed E-state index contributed by atoms with van der Waals surface area (Å²) in [5.41, 5.74) is -1.99. The molecule has 0 spiro atoms. The minimum absolute atomic E-state index is 0.0894. The van der Waals surface area contributed by atoms with Gasteiger partial charge in [-0.3, -0.25) is 9.59 Å². The molecule has 10 nitrogen and oxygen atoms in total. The molecular weight excluding hydrogens is 440 g/mol. The number of hydrogen-bond donors (Lipinski definition) is 2. The molecule has 10 heteroatoms. The van der Waals surface area contributed by atoms with Crippen molar-refractivity contribution in [3.63, 3.8) is 0 Å². The molecule has 0 atom stereocenters. The average Bonchev–Trinajstić information content (AvgIpc) is 2.78. The molecule has 2 rings (SSSR count). The normalized spacial score (nSPS) is 19.4. The third-order valence-electron chi connectivity index (χ3n) is 6.63. The second-order valence-corrected chi connectivity index (χ2v) is 11.0. The lowest BCUT2D eigenvalue weighted by Crippen LogP contribution is -2.49.